The van der Waals surface area contributed by atoms with Crippen molar-refractivity contribution in [2.24, 2.45) is 17.4 Å². The van der Waals surface area contributed by atoms with Crippen LogP contribution >= 0.6 is 0 Å². The molecule has 0 bridgehead atoms. The van der Waals surface area contributed by atoms with Crippen LogP contribution in [0.15, 0.2) is 66.4 Å². The molecule has 0 aromatic heterocycles. The van der Waals surface area contributed by atoms with Crippen LogP contribution in [0.4, 0.5) is 0 Å². The van der Waals surface area contributed by atoms with E-state index in [0.717, 1.165) is 5.56 Å². The molecule has 3 amide bonds. The smallest absolute Gasteiger partial charge is 0.267 e. The Balaban J connectivity index is 1.69. The summed E-state index contributed by atoms with van der Waals surface area (Å²) in [5, 5.41) is 8.33. The van der Waals surface area contributed by atoms with E-state index in [1.807, 2.05) is 54.6 Å². The minimum Gasteiger partial charge on any atom is -0.344 e. The molecule has 4 atom stereocenters. The number of amides is 3. The van der Waals surface area contributed by atoms with E-state index in [2.05, 4.69) is 16.0 Å². The molecule has 2 unspecified atom stereocenters. The summed E-state index contributed by atoms with van der Waals surface area (Å²) in [5.74, 6) is -1.24. The zero-order valence-corrected chi connectivity index (χ0v) is 18.0. The lowest BCUT2D eigenvalue weighted by atomic mass is 9.91. The van der Waals surface area contributed by atoms with Gasteiger partial charge in [-0.1, -0.05) is 54.6 Å². The van der Waals surface area contributed by atoms with E-state index in [1.165, 1.54) is 0 Å². The van der Waals surface area contributed by atoms with Crippen LogP contribution in [0.2, 0.25) is 0 Å². The van der Waals surface area contributed by atoms with E-state index in [0.29, 0.717) is 32.2 Å². The van der Waals surface area contributed by atoms with Crippen molar-refractivity contribution in [3.05, 3.63) is 72.0 Å². The van der Waals surface area contributed by atoms with Crippen LogP contribution in [-0.2, 0) is 20.8 Å². The van der Waals surface area contributed by atoms with Crippen LogP contribution in [-0.4, -0.2) is 42.4 Å². The highest BCUT2D eigenvalue weighted by Gasteiger charge is 2.30. The fraction of sp³-hybridized carbons (Fsp3) is 0.375. The van der Waals surface area contributed by atoms with Gasteiger partial charge in [-0.3, -0.25) is 14.4 Å². The fourth-order valence-electron chi connectivity index (χ4n) is 3.72. The topological polar surface area (TPSA) is 139 Å². The molecule has 0 spiro atoms. The Kier molecular flexibility index (Phi) is 8.35. The largest absolute Gasteiger partial charge is 0.344 e. The molecule has 170 valence electrons. The van der Waals surface area contributed by atoms with Gasteiger partial charge in [-0.15, -0.1) is 0 Å². The van der Waals surface area contributed by atoms with E-state index in [1.54, 1.807) is 6.08 Å². The number of benzene rings is 1. The highest BCUT2D eigenvalue weighted by atomic mass is 16.2. The molecule has 8 heteroatoms. The van der Waals surface area contributed by atoms with Crippen molar-refractivity contribution in [2.75, 3.05) is 6.54 Å². The van der Waals surface area contributed by atoms with E-state index in [-0.39, 0.29) is 23.6 Å². The molecule has 3 rings (SSSR count). The third-order valence-corrected chi connectivity index (χ3v) is 5.59. The molecular weight excluding hydrogens is 406 g/mol. The molecule has 1 aromatic carbocycles. The first-order valence-corrected chi connectivity index (χ1v) is 11.0. The van der Waals surface area contributed by atoms with Gasteiger partial charge < -0.3 is 27.4 Å². The Morgan fingerprint density at radius 2 is 1.81 bits per heavy atom. The van der Waals surface area contributed by atoms with Crippen molar-refractivity contribution in [1.82, 2.24) is 16.0 Å². The molecule has 0 saturated carbocycles. The third kappa shape index (κ3) is 6.38. The summed E-state index contributed by atoms with van der Waals surface area (Å²) in [4.78, 5) is 38.1. The van der Waals surface area contributed by atoms with Crippen molar-refractivity contribution < 1.29 is 14.4 Å². The lowest BCUT2D eigenvalue weighted by Crippen LogP contribution is -2.54. The zero-order chi connectivity index (χ0) is 22.9. The highest BCUT2D eigenvalue weighted by Crippen LogP contribution is 2.20. The van der Waals surface area contributed by atoms with Crippen LogP contribution in [0, 0.1) is 5.92 Å². The minimum absolute atomic E-state index is 0.0324. The number of nitrogens with two attached hydrogens (primary N) is 2. The second-order valence-electron chi connectivity index (χ2n) is 8.04. The number of nitrogens with one attached hydrogen (secondary N) is 3. The summed E-state index contributed by atoms with van der Waals surface area (Å²) in [6, 6.07) is 7.98. The van der Waals surface area contributed by atoms with Crippen LogP contribution in [0.25, 0.3) is 0 Å². The molecule has 0 saturated heterocycles. The Bertz CT molecular complexity index is 909. The molecule has 2 aliphatic rings. The Morgan fingerprint density at radius 1 is 1.06 bits per heavy atom. The average molecular weight is 438 g/mol. The summed E-state index contributed by atoms with van der Waals surface area (Å²) >= 11 is 0. The number of hydrogen-bond donors (Lipinski definition) is 5. The van der Waals surface area contributed by atoms with Gasteiger partial charge in [0.25, 0.3) is 5.91 Å². The molecule has 8 nitrogen and oxygen atoms in total. The van der Waals surface area contributed by atoms with Gasteiger partial charge in [-0.05, 0) is 43.9 Å². The lowest BCUT2D eigenvalue weighted by molar-refractivity contribution is -0.130. The molecule has 1 aliphatic heterocycles. The first kappa shape index (κ1) is 23.4. The Hall–Kier alpha value is -3.23. The fourth-order valence-corrected chi connectivity index (χ4v) is 3.72. The number of rotatable bonds is 10. The molecule has 0 radical (unpaired) electrons. The molecule has 1 aromatic rings. The second kappa shape index (κ2) is 11.4. The van der Waals surface area contributed by atoms with E-state index in [4.69, 9.17) is 11.5 Å². The van der Waals surface area contributed by atoms with Gasteiger partial charge in [0.2, 0.25) is 11.8 Å². The molecular formula is C24H31N5O3. The maximum Gasteiger partial charge on any atom is 0.267 e. The number of aryl methyl sites for hydroxylation is 1. The van der Waals surface area contributed by atoms with E-state index < -0.39 is 23.9 Å². The van der Waals surface area contributed by atoms with Gasteiger partial charge in [0.15, 0.2) is 0 Å². The quantitative estimate of drug-likeness (QED) is 0.361. The zero-order valence-electron chi connectivity index (χ0n) is 18.0. The van der Waals surface area contributed by atoms with Crippen LogP contribution < -0.4 is 27.4 Å². The van der Waals surface area contributed by atoms with Crippen LogP contribution in [0.3, 0.4) is 0 Å². The minimum atomic E-state index is -0.833. The summed E-state index contributed by atoms with van der Waals surface area (Å²) in [6.07, 6.45) is 11.4. The first-order chi connectivity index (χ1) is 15.5. The molecule has 0 fully saturated rings. The molecule has 7 N–H and O–H groups in total. The van der Waals surface area contributed by atoms with Gasteiger partial charge in [0.05, 0.1) is 12.1 Å². The van der Waals surface area contributed by atoms with Gasteiger partial charge >= 0.3 is 0 Å². The standard InChI is InChI=1S/C24H31N5O3/c25-14-6-10-18(26)22(30)28-20(13-12-16-7-2-1-3-8-16)23(31)29-21-15-17-9-4-5-11-19(17)27-24(21)32/h1-5,7-9,11,15,17-20H,6,10,12-14,25-26H2,(H,27,32)(H,28,30)(H,29,31)/t17?,18-,19?,20+/m0/s1. The Morgan fingerprint density at radius 3 is 2.56 bits per heavy atom. The predicted octanol–water partition coefficient (Wildman–Crippen LogP) is 0.411. The van der Waals surface area contributed by atoms with E-state index in [9.17, 15) is 14.4 Å². The summed E-state index contributed by atoms with van der Waals surface area (Å²) < 4.78 is 0. The molecule has 32 heavy (non-hydrogen) atoms. The first-order valence-electron chi connectivity index (χ1n) is 11.0. The number of allylic oxidation sites excluding steroid dienone is 2. The predicted molar refractivity (Wildman–Crippen MR) is 123 cm³/mol. The normalized spacial score (nSPS) is 21.1. The van der Waals surface area contributed by atoms with Crippen LogP contribution in [0.5, 0.6) is 0 Å². The number of carbonyl (C=O) groups excluding carboxylic acids is 3. The summed E-state index contributed by atoms with van der Waals surface area (Å²) in [6.45, 7) is 0.438. The number of carbonyl (C=O) groups is 3. The van der Waals surface area contributed by atoms with Crippen molar-refractivity contribution in [1.29, 1.82) is 0 Å². The Labute approximate surface area is 188 Å². The average Bonchev–Trinajstić information content (AvgIpc) is 2.81. The van der Waals surface area contributed by atoms with Gasteiger partial charge in [0.1, 0.15) is 11.7 Å². The maximum atomic E-state index is 13.1. The summed E-state index contributed by atoms with van der Waals surface area (Å²) in [7, 11) is 0. The maximum absolute atomic E-state index is 13.1. The second-order valence-corrected chi connectivity index (χ2v) is 8.04. The van der Waals surface area contributed by atoms with Crippen molar-refractivity contribution >= 4 is 17.7 Å². The van der Waals surface area contributed by atoms with Crippen molar-refractivity contribution in [3.8, 4) is 0 Å². The number of fused-ring (bicyclic) bond motifs is 1. The summed E-state index contributed by atoms with van der Waals surface area (Å²) in [5.41, 5.74) is 12.7. The monoisotopic (exact) mass is 437 g/mol. The highest BCUT2D eigenvalue weighted by molar-refractivity contribution is 6.00. The van der Waals surface area contributed by atoms with Gasteiger partial charge in [-0.2, -0.15) is 0 Å². The van der Waals surface area contributed by atoms with Crippen molar-refractivity contribution in [3.63, 3.8) is 0 Å². The molecule has 1 aliphatic carbocycles. The molecule has 1 heterocycles. The van der Waals surface area contributed by atoms with E-state index >= 15 is 0 Å². The SMILES string of the molecule is NCCC[C@H](N)C(=O)N[C@H](CCc1ccccc1)C(=O)NC1=CC2C=CC=CC2NC1=O. The van der Waals surface area contributed by atoms with Crippen molar-refractivity contribution in [2.45, 2.75) is 43.8 Å². The lowest BCUT2D eigenvalue weighted by Gasteiger charge is -2.29. The van der Waals surface area contributed by atoms with Gasteiger partial charge in [0, 0.05) is 5.92 Å². The number of hydrogen-bond acceptors (Lipinski definition) is 5. The van der Waals surface area contributed by atoms with Gasteiger partial charge in [-0.25, -0.2) is 0 Å². The third-order valence-electron chi connectivity index (χ3n) is 5.59. The van der Waals surface area contributed by atoms with Crippen LogP contribution in [0.1, 0.15) is 24.8 Å².